The van der Waals surface area contributed by atoms with Gasteiger partial charge in [-0.15, -0.1) is 0 Å². The van der Waals surface area contributed by atoms with Crippen LogP contribution >= 0.6 is 0 Å². The third-order valence-corrected chi connectivity index (χ3v) is 22.5. The van der Waals surface area contributed by atoms with Gasteiger partial charge in [0.15, 0.2) is 50.3 Å². The van der Waals surface area contributed by atoms with E-state index in [1.807, 2.05) is 0 Å². The van der Waals surface area contributed by atoms with Gasteiger partial charge in [0, 0.05) is 19.8 Å². The normalized spacial score (nSPS) is 50.4. The number of carbonyl (C=O) groups excluding carboxylic acids is 1. The molecule has 56 nitrogen and oxygen atoms in total. The number of rotatable bonds is 33. The molecule has 0 aromatic rings. The molecule has 10 aliphatic rings. The summed E-state index contributed by atoms with van der Waals surface area (Å²) in [4.78, 5) is 39.3. The summed E-state index contributed by atoms with van der Waals surface area (Å²) in [5.41, 5.74) is 0. The van der Waals surface area contributed by atoms with E-state index in [9.17, 15) is 183 Å². The molecule has 34 N–H and O–H groups in total. The number of ether oxygens (including phenoxy) is 19. The van der Waals surface area contributed by atoms with Crippen LogP contribution in [0.25, 0.3) is 0 Å². The number of carboxylic acids is 2. The van der Waals surface area contributed by atoms with E-state index in [0.29, 0.717) is 0 Å². The number of aliphatic hydroxyl groups is 31. The van der Waals surface area contributed by atoms with Crippen LogP contribution in [0.3, 0.4) is 0 Å². The van der Waals surface area contributed by atoms with Crippen LogP contribution in [0.5, 0.6) is 0 Å². The molecule has 2 unspecified atom stereocenters. The minimum absolute atomic E-state index is 0.906. The molecule has 10 saturated heterocycles. The van der Waals surface area contributed by atoms with Crippen molar-refractivity contribution in [3.63, 3.8) is 0 Å². The van der Waals surface area contributed by atoms with Crippen molar-refractivity contribution < 1.29 is 273 Å². The van der Waals surface area contributed by atoms with Gasteiger partial charge in [0.05, 0.1) is 78.3 Å². The smallest absolute Gasteiger partial charge is 0.364 e. The fourth-order valence-corrected chi connectivity index (χ4v) is 15.6. The summed E-state index contributed by atoms with van der Waals surface area (Å²) in [6, 6.07) is -1.94. The lowest BCUT2D eigenvalue weighted by atomic mass is 9.89. The van der Waals surface area contributed by atoms with E-state index in [0.717, 1.165) is 6.92 Å². The number of aliphatic hydroxyl groups excluding tert-OH is 30. The summed E-state index contributed by atoms with van der Waals surface area (Å²) >= 11 is 0. The van der Waals surface area contributed by atoms with Gasteiger partial charge in [-0.1, -0.05) is 0 Å². The molecule has 1 amide bonds. The molecule has 0 spiro atoms. The summed E-state index contributed by atoms with van der Waals surface area (Å²) < 4.78 is 112. The standard InChI is InChI=1S/C66H109NO55/c1-14(77)67-27-34(87)29(82)19(6-70)105-55(27)118-54-38(91)33(86)23(10-74)109-62(54)116-51-26(13-104-61-53(37(90)32(85)22(9-73)108-61)119-59-44(97)40(93)49(25(12-76)111-59)114-58-43(96)39(92)48(24(11-75)110-58)113-56-41(94)35(88)30(83)20(7-71)106-56)112-60(45(98)52(51)117-57-42(95)36(89)31(84)21(8-72)107-57)115-50-18(3-65(103,63(99)100)121-47(50)17(80)5-69)120-66(64(101)102)2-15(78)28(81)46(122-66)16(79)4-68/h15-62,68-76,78-98,103H,2-13H2,1H3,(H,67,77)(H,99,100)(H,101,102)/t15-,16-,17-,18-,19-,20-,21-,22-,23-,24-,25-,26-,27-,28-,29-,30+,31-,32-,33-,34-,35+,36+,37+,38+,39-,40-,41-,42-,43-,44-,45-,46-,47-,48+,49-,50-,51-,52-,53-,54-,55-,56-,57+,58+,59-,60-,61-,62+,65?,66?/m1/s1. The second-order valence-electron chi connectivity index (χ2n) is 30.7. The zero-order chi connectivity index (χ0) is 90.1. The Hall–Kier alpha value is -3.59. The SMILES string of the molecule is CC(=O)N[C@H]1[C@@H](O[C@H]2[C@H](O[C@H]3[C@H](O[C@@H]4O[C@H](CO)[C@@H](O)[C@H](O)[C@H]4O)[C@@H](O)[C@@H](O[C@H]4[C@@H]([C@H](O)CO)OC(O)(C(=O)O)C[C@H]4OC4(C(=O)O)C[C@@H](O)[C@@H](O)[C@@H]([C@H](O)CO)O4)O[C@@H]3CO[C@@H]3O[C@H](CO)[C@@H](O)[C@H](O)[C@H]3O[C@H]3O[C@H](CO)[C@@H](O[C@@H]4O[C@H](CO)[C@H](O[C@H]5O[C@H](CO)[C@H](O)[C@H](O)[C@H]5O)[C@H](O)[C@H]4O)[C@H](O)[C@H]3O)O[C@H](CO)[C@@H](O)[C@@H]2O)O[C@H](CO)[C@@H](O)[C@@H]1O. The molecule has 50 atom stereocenters. The summed E-state index contributed by atoms with van der Waals surface area (Å²) in [7, 11) is 0. The molecule has 10 rings (SSSR count). The van der Waals surface area contributed by atoms with Crippen molar-refractivity contribution in [3.05, 3.63) is 0 Å². The Kier molecular flexibility index (Phi) is 35.1. The van der Waals surface area contributed by atoms with Crippen LogP contribution in [0.1, 0.15) is 19.8 Å². The van der Waals surface area contributed by atoms with Crippen LogP contribution in [0.4, 0.5) is 0 Å². The predicted molar refractivity (Wildman–Crippen MR) is 364 cm³/mol. The van der Waals surface area contributed by atoms with Gasteiger partial charge >= 0.3 is 11.9 Å². The fourth-order valence-electron chi connectivity index (χ4n) is 15.6. The molecule has 56 heteroatoms. The van der Waals surface area contributed by atoms with E-state index in [1.165, 1.54) is 0 Å². The van der Waals surface area contributed by atoms with Crippen molar-refractivity contribution in [2.45, 2.75) is 326 Å². The highest BCUT2D eigenvalue weighted by atomic mass is 16.8. The van der Waals surface area contributed by atoms with E-state index in [1.54, 1.807) is 0 Å². The van der Waals surface area contributed by atoms with Crippen LogP contribution in [-0.4, -0.2) is 558 Å². The molecule has 0 aromatic carbocycles. The number of carboxylic acid groups (broad SMARTS) is 2. The van der Waals surface area contributed by atoms with Crippen molar-refractivity contribution in [2.75, 3.05) is 66.1 Å². The fraction of sp³-hybridized carbons (Fsp3) is 0.955. The molecular weight excluding hydrogens is 1690 g/mol. The molecule has 0 saturated carbocycles. The zero-order valence-corrected chi connectivity index (χ0v) is 63.9. The lowest BCUT2D eigenvalue weighted by Gasteiger charge is -2.52. The maximum absolute atomic E-state index is 13.6. The minimum Gasteiger partial charge on any atom is -0.477 e. The van der Waals surface area contributed by atoms with Gasteiger partial charge in [0.25, 0.3) is 11.6 Å². The number of hydrogen-bond donors (Lipinski definition) is 34. The topological polar surface area (TPSA) is 906 Å². The van der Waals surface area contributed by atoms with Gasteiger partial charge in [0.2, 0.25) is 5.91 Å². The van der Waals surface area contributed by atoms with Gasteiger partial charge in [0.1, 0.15) is 232 Å². The Bertz CT molecular complexity index is 3280. The minimum atomic E-state index is -3.73. The highest BCUT2D eigenvalue weighted by Crippen LogP contribution is 2.45. The lowest BCUT2D eigenvalue weighted by Crippen LogP contribution is -2.71. The van der Waals surface area contributed by atoms with Crippen molar-refractivity contribution in [3.8, 4) is 0 Å². The quantitative estimate of drug-likeness (QED) is 0.0290. The monoisotopic (exact) mass is 1800 g/mol. The van der Waals surface area contributed by atoms with Crippen molar-refractivity contribution >= 4 is 17.8 Å². The van der Waals surface area contributed by atoms with Crippen LogP contribution in [0.2, 0.25) is 0 Å². The first-order valence-corrected chi connectivity index (χ1v) is 38.3. The van der Waals surface area contributed by atoms with Gasteiger partial charge < -0.3 is 264 Å². The molecule has 0 aliphatic carbocycles. The van der Waals surface area contributed by atoms with E-state index in [2.05, 4.69) is 5.32 Å². The molecular formula is C66H109NO55. The van der Waals surface area contributed by atoms with Crippen LogP contribution < -0.4 is 5.32 Å². The zero-order valence-electron chi connectivity index (χ0n) is 63.9. The second-order valence-corrected chi connectivity index (χ2v) is 30.7. The number of nitrogens with one attached hydrogen (secondary N) is 1. The average molecular weight is 1800 g/mol. The molecule has 122 heavy (non-hydrogen) atoms. The number of amides is 1. The third-order valence-electron chi connectivity index (χ3n) is 22.5. The second kappa shape index (κ2) is 42.5. The Morgan fingerprint density at radius 2 is 0.689 bits per heavy atom. The van der Waals surface area contributed by atoms with Gasteiger partial charge in [-0.2, -0.15) is 0 Å². The van der Waals surface area contributed by atoms with E-state index >= 15 is 0 Å². The van der Waals surface area contributed by atoms with Crippen LogP contribution in [0, 0.1) is 0 Å². The predicted octanol–water partition coefficient (Wildman–Crippen LogP) is -23.0. The van der Waals surface area contributed by atoms with Gasteiger partial charge in [-0.3, -0.25) is 4.79 Å². The van der Waals surface area contributed by atoms with E-state index < -0.39 is 403 Å². The Morgan fingerprint density at radius 3 is 1.13 bits per heavy atom. The van der Waals surface area contributed by atoms with Crippen molar-refractivity contribution in [2.24, 2.45) is 0 Å². The maximum Gasteiger partial charge on any atom is 0.364 e. The Morgan fingerprint density at radius 1 is 0.344 bits per heavy atom. The third kappa shape index (κ3) is 20.9. The largest absolute Gasteiger partial charge is 0.477 e. The van der Waals surface area contributed by atoms with Crippen LogP contribution in [-0.2, 0) is 104 Å². The van der Waals surface area contributed by atoms with Crippen LogP contribution in [0.15, 0.2) is 0 Å². The first-order valence-electron chi connectivity index (χ1n) is 38.3. The summed E-state index contributed by atoms with van der Waals surface area (Å²) in [6.07, 6.45) is -112. The molecule has 708 valence electrons. The molecule has 10 aliphatic heterocycles. The first-order chi connectivity index (χ1) is 57.6. The van der Waals surface area contributed by atoms with Crippen molar-refractivity contribution in [1.82, 2.24) is 5.32 Å². The van der Waals surface area contributed by atoms with E-state index in [4.69, 9.17) is 90.0 Å². The number of aliphatic carboxylic acids is 2. The number of hydrogen-bond acceptors (Lipinski definition) is 53. The maximum atomic E-state index is 13.6. The Balaban J connectivity index is 1.05. The highest BCUT2D eigenvalue weighted by Gasteiger charge is 2.65. The molecule has 10 heterocycles. The molecule has 0 bridgehead atoms. The molecule has 0 aromatic heterocycles. The summed E-state index contributed by atoms with van der Waals surface area (Å²) in [5, 5.41) is 367. The van der Waals surface area contributed by atoms with E-state index in [-0.39, 0.29) is 0 Å². The van der Waals surface area contributed by atoms with Crippen molar-refractivity contribution in [1.29, 1.82) is 0 Å². The Labute approximate surface area is 686 Å². The van der Waals surface area contributed by atoms with Gasteiger partial charge in [-0.05, 0) is 0 Å². The average Bonchev–Trinajstić information content (AvgIpc) is 0.743. The summed E-state index contributed by atoms with van der Waals surface area (Å²) in [6.45, 7) is -11.8. The molecule has 10 fully saturated rings. The molecule has 0 radical (unpaired) electrons. The summed E-state index contributed by atoms with van der Waals surface area (Å²) in [5.74, 6) is -12.9. The first kappa shape index (κ1) is 101. The van der Waals surface area contributed by atoms with Gasteiger partial charge in [-0.25, -0.2) is 9.59 Å². The lowest BCUT2D eigenvalue weighted by molar-refractivity contribution is -0.417. The highest BCUT2D eigenvalue weighted by molar-refractivity contribution is 5.77. The number of carbonyl (C=O) groups is 3.